The van der Waals surface area contributed by atoms with Crippen molar-refractivity contribution in [2.24, 2.45) is 0 Å². The highest BCUT2D eigenvalue weighted by molar-refractivity contribution is 7.09. The van der Waals surface area contributed by atoms with E-state index >= 15 is 0 Å². The van der Waals surface area contributed by atoms with Gasteiger partial charge in [0, 0.05) is 11.1 Å². The Labute approximate surface area is 137 Å². The van der Waals surface area contributed by atoms with Crippen molar-refractivity contribution < 1.29 is 13.9 Å². The summed E-state index contributed by atoms with van der Waals surface area (Å²) in [5.74, 6) is 1.31. The first-order valence-corrected chi connectivity index (χ1v) is 8.10. The largest absolute Gasteiger partial charge is 0.494 e. The predicted molar refractivity (Wildman–Crippen MR) is 90.1 cm³/mol. The topological polar surface area (TPSA) is 64.4 Å². The molecule has 0 unspecified atom stereocenters. The normalized spacial score (nSPS) is 10.5. The second-order valence-electron chi connectivity index (χ2n) is 4.83. The molecule has 0 aliphatic rings. The molecular formula is C17H16N2O3S. The van der Waals surface area contributed by atoms with E-state index < -0.39 is 0 Å². The van der Waals surface area contributed by atoms with Crippen molar-refractivity contribution in [1.82, 2.24) is 4.98 Å². The third-order valence-corrected chi connectivity index (χ3v) is 3.90. The van der Waals surface area contributed by atoms with E-state index in [9.17, 15) is 4.79 Å². The molecule has 1 amide bonds. The second kappa shape index (κ2) is 6.66. The number of aromatic nitrogens is 1. The number of thiazole rings is 1. The maximum atomic E-state index is 12.2. The first kappa shape index (κ1) is 15.3. The van der Waals surface area contributed by atoms with Gasteiger partial charge in [-0.15, -0.1) is 11.3 Å². The Balaban J connectivity index is 1.70. The summed E-state index contributed by atoms with van der Waals surface area (Å²) in [6, 6.07) is 10.6. The molecule has 3 aromatic rings. The van der Waals surface area contributed by atoms with Crippen LogP contribution in [0, 0.1) is 6.92 Å². The first-order chi connectivity index (χ1) is 11.2. The number of rotatable bonds is 5. The van der Waals surface area contributed by atoms with Crippen LogP contribution in [0.25, 0.3) is 11.5 Å². The van der Waals surface area contributed by atoms with Crippen LogP contribution in [-0.4, -0.2) is 17.5 Å². The number of nitrogens with zero attached hydrogens (tertiary/aromatic N) is 1. The van der Waals surface area contributed by atoms with E-state index in [0.717, 1.165) is 16.5 Å². The highest BCUT2D eigenvalue weighted by Crippen LogP contribution is 2.24. The van der Waals surface area contributed by atoms with Gasteiger partial charge < -0.3 is 14.5 Å². The molecule has 0 aliphatic heterocycles. The van der Waals surface area contributed by atoms with E-state index in [2.05, 4.69) is 10.3 Å². The summed E-state index contributed by atoms with van der Waals surface area (Å²) >= 11 is 1.54. The fourth-order valence-electron chi connectivity index (χ4n) is 2.07. The maximum absolute atomic E-state index is 12.2. The van der Waals surface area contributed by atoms with Crippen LogP contribution in [0.1, 0.15) is 22.5 Å². The summed E-state index contributed by atoms with van der Waals surface area (Å²) in [6.45, 7) is 4.46. The lowest BCUT2D eigenvalue weighted by atomic mass is 10.3. The monoisotopic (exact) mass is 328 g/mol. The first-order valence-electron chi connectivity index (χ1n) is 7.22. The van der Waals surface area contributed by atoms with Gasteiger partial charge in [0.1, 0.15) is 11.4 Å². The van der Waals surface area contributed by atoms with E-state index in [-0.39, 0.29) is 11.7 Å². The third-order valence-electron chi connectivity index (χ3n) is 3.12. The number of anilines is 1. The van der Waals surface area contributed by atoms with Crippen LogP contribution < -0.4 is 10.1 Å². The SMILES string of the molecule is CCOc1ccc(NC(=O)c2ccc(-c3csc(C)n3)o2)cc1. The number of carbonyl (C=O) groups is 1. The smallest absolute Gasteiger partial charge is 0.291 e. The molecule has 23 heavy (non-hydrogen) atoms. The lowest BCUT2D eigenvalue weighted by Crippen LogP contribution is -2.10. The van der Waals surface area contributed by atoms with Gasteiger partial charge in [-0.25, -0.2) is 4.98 Å². The van der Waals surface area contributed by atoms with Crippen molar-refractivity contribution in [2.45, 2.75) is 13.8 Å². The number of ether oxygens (including phenoxy) is 1. The van der Waals surface area contributed by atoms with Crippen molar-refractivity contribution in [3.05, 3.63) is 52.5 Å². The van der Waals surface area contributed by atoms with Gasteiger partial charge in [0.05, 0.1) is 11.6 Å². The molecule has 118 valence electrons. The summed E-state index contributed by atoms with van der Waals surface area (Å²) in [4.78, 5) is 16.6. The minimum Gasteiger partial charge on any atom is -0.494 e. The number of hydrogen-bond acceptors (Lipinski definition) is 5. The predicted octanol–water partition coefficient (Wildman–Crippen LogP) is 4.36. The van der Waals surface area contributed by atoms with Crippen LogP contribution in [0.5, 0.6) is 5.75 Å². The number of nitrogens with one attached hydrogen (secondary N) is 1. The summed E-state index contributed by atoms with van der Waals surface area (Å²) in [5.41, 5.74) is 1.42. The van der Waals surface area contributed by atoms with Crippen LogP contribution in [0.2, 0.25) is 0 Å². The Kier molecular flexibility index (Phi) is 4.43. The van der Waals surface area contributed by atoms with E-state index in [1.165, 1.54) is 0 Å². The summed E-state index contributed by atoms with van der Waals surface area (Å²) < 4.78 is 11.0. The highest BCUT2D eigenvalue weighted by atomic mass is 32.1. The average molecular weight is 328 g/mol. The van der Waals surface area contributed by atoms with Gasteiger partial charge in [0.25, 0.3) is 5.91 Å². The van der Waals surface area contributed by atoms with Crippen molar-refractivity contribution in [2.75, 3.05) is 11.9 Å². The molecule has 2 aromatic heterocycles. The number of benzene rings is 1. The Morgan fingerprint density at radius 2 is 2.04 bits per heavy atom. The Bertz CT molecular complexity index is 805. The average Bonchev–Trinajstić information content (AvgIpc) is 3.18. The lowest BCUT2D eigenvalue weighted by molar-refractivity contribution is 0.0997. The molecule has 6 heteroatoms. The van der Waals surface area contributed by atoms with Crippen LogP contribution in [-0.2, 0) is 0 Å². The van der Waals surface area contributed by atoms with Crippen LogP contribution >= 0.6 is 11.3 Å². The van der Waals surface area contributed by atoms with Gasteiger partial charge in [-0.3, -0.25) is 4.79 Å². The number of amides is 1. The fraction of sp³-hybridized carbons (Fsp3) is 0.176. The minimum atomic E-state index is -0.299. The zero-order valence-electron chi connectivity index (χ0n) is 12.8. The lowest BCUT2D eigenvalue weighted by Gasteiger charge is -2.05. The van der Waals surface area contributed by atoms with Gasteiger partial charge in [0.15, 0.2) is 11.5 Å². The van der Waals surface area contributed by atoms with E-state index in [1.54, 1.807) is 35.6 Å². The standard InChI is InChI=1S/C17H16N2O3S/c1-3-21-13-6-4-12(5-7-13)19-17(20)16-9-8-15(22-16)14-10-23-11(2)18-14/h4-10H,3H2,1-2H3,(H,19,20). The number of carbonyl (C=O) groups excluding carboxylic acids is 1. The fourth-order valence-corrected chi connectivity index (χ4v) is 2.67. The molecule has 5 nitrogen and oxygen atoms in total. The molecule has 0 spiro atoms. The molecule has 0 atom stereocenters. The molecule has 0 aliphatic carbocycles. The zero-order chi connectivity index (χ0) is 16.2. The van der Waals surface area contributed by atoms with Gasteiger partial charge in [-0.2, -0.15) is 0 Å². The van der Waals surface area contributed by atoms with Crippen LogP contribution in [0.3, 0.4) is 0 Å². The minimum absolute atomic E-state index is 0.250. The summed E-state index contributed by atoms with van der Waals surface area (Å²) in [6.07, 6.45) is 0. The van der Waals surface area contributed by atoms with E-state index in [0.29, 0.717) is 18.1 Å². The van der Waals surface area contributed by atoms with E-state index in [1.807, 2.05) is 31.4 Å². The molecule has 0 radical (unpaired) electrons. The van der Waals surface area contributed by atoms with Crippen LogP contribution in [0.15, 0.2) is 46.2 Å². The molecule has 0 bridgehead atoms. The molecule has 3 rings (SSSR count). The van der Waals surface area contributed by atoms with Crippen molar-refractivity contribution >= 4 is 22.9 Å². The molecule has 0 fully saturated rings. The number of hydrogen-bond donors (Lipinski definition) is 1. The quantitative estimate of drug-likeness (QED) is 0.755. The van der Waals surface area contributed by atoms with Gasteiger partial charge in [-0.1, -0.05) is 0 Å². The van der Waals surface area contributed by atoms with Gasteiger partial charge in [0.2, 0.25) is 0 Å². The second-order valence-corrected chi connectivity index (χ2v) is 5.89. The Morgan fingerprint density at radius 3 is 2.70 bits per heavy atom. The maximum Gasteiger partial charge on any atom is 0.291 e. The molecule has 1 aromatic carbocycles. The van der Waals surface area contributed by atoms with Gasteiger partial charge in [-0.05, 0) is 50.2 Å². The number of furan rings is 1. The van der Waals surface area contributed by atoms with E-state index in [4.69, 9.17) is 9.15 Å². The third kappa shape index (κ3) is 3.60. The van der Waals surface area contributed by atoms with Gasteiger partial charge >= 0.3 is 0 Å². The van der Waals surface area contributed by atoms with Crippen molar-refractivity contribution in [3.63, 3.8) is 0 Å². The molecular weight excluding hydrogens is 312 g/mol. The molecule has 2 heterocycles. The Morgan fingerprint density at radius 1 is 1.26 bits per heavy atom. The zero-order valence-corrected chi connectivity index (χ0v) is 13.6. The highest BCUT2D eigenvalue weighted by Gasteiger charge is 2.14. The molecule has 0 saturated heterocycles. The summed E-state index contributed by atoms with van der Waals surface area (Å²) in [7, 11) is 0. The van der Waals surface area contributed by atoms with Crippen molar-refractivity contribution in [1.29, 1.82) is 0 Å². The number of aryl methyl sites for hydroxylation is 1. The molecule has 1 N–H and O–H groups in total. The Hall–Kier alpha value is -2.60. The van der Waals surface area contributed by atoms with Crippen molar-refractivity contribution in [3.8, 4) is 17.2 Å². The molecule has 0 saturated carbocycles. The van der Waals surface area contributed by atoms with Crippen LogP contribution in [0.4, 0.5) is 5.69 Å². The summed E-state index contributed by atoms with van der Waals surface area (Å²) in [5, 5.41) is 5.65.